The van der Waals surface area contributed by atoms with Gasteiger partial charge in [0.05, 0.1) is 37.4 Å². The number of hydrogen-bond acceptors (Lipinski definition) is 5. The van der Waals surface area contributed by atoms with Crippen molar-refractivity contribution < 1.29 is 18.7 Å². The van der Waals surface area contributed by atoms with Crippen molar-refractivity contribution in [2.45, 2.75) is 0 Å². The Morgan fingerprint density at radius 3 is 2.57 bits per heavy atom. The van der Waals surface area contributed by atoms with E-state index >= 15 is 0 Å². The van der Waals surface area contributed by atoms with E-state index in [-0.39, 0.29) is 11.3 Å². The summed E-state index contributed by atoms with van der Waals surface area (Å²) in [5.74, 6) is -0.511. The Balaban J connectivity index is 2.31. The molecule has 6 nitrogen and oxygen atoms in total. The minimum Gasteiger partial charge on any atom is -0.493 e. The summed E-state index contributed by atoms with van der Waals surface area (Å²) in [4.78, 5) is 15.6. The maximum atomic E-state index is 13.5. The van der Waals surface area contributed by atoms with Crippen molar-refractivity contribution in [2.24, 2.45) is 0 Å². The van der Waals surface area contributed by atoms with Crippen LogP contribution >= 0.6 is 0 Å². The molecule has 110 valence electrons. The quantitative estimate of drug-likeness (QED) is 0.842. The molecule has 0 unspecified atom stereocenters. The molecule has 0 spiro atoms. The number of anilines is 2. The van der Waals surface area contributed by atoms with E-state index in [2.05, 4.69) is 10.3 Å². The van der Waals surface area contributed by atoms with Gasteiger partial charge in [0.15, 0.2) is 17.3 Å². The molecule has 0 bridgehead atoms. The predicted octanol–water partition coefficient (Wildman–Crippen LogP) is 2.07. The van der Waals surface area contributed by atoms with Gasteiger partial charge in [-0.15, -0.1) is 0 Å². The Kier molecular flexibility index (Phi) is 4.22. The number of pyridine rings is 1. The van der Waals surface area contributed by atoms with Crippen LogP contribution in [0.3, 0.4) is 0 Å². The number of aromatic nitrogens is 1. The van der Waals surface area contributed by atoms with Gasteiger partial charge in [-0.1, -0.05) is 0 Å². The summed E-state index contributed by atoms with van der Waals surface area (Å²) in [7, 11) is 2.93. The summed E-state index contributed by atoms with van der Waals surface area (Å²) in [6.07, 6.45) is 2.29. The van der Waals surface area contributed by atoms with Crippen molar-refractivity contribution in [3.05, 3.63) is 42.0 Å². The number of nitrogen functional groups attached to an aromatic ring is 1. The second-order valence-corrected chi connectivity index (χ2v) is 4.10. The second-order valence-electron chi connectivity index (χ2n) is 4.10. The fourth-order valence-corrected chi connectivity index (χ4v) is 1.75. The van der Waals surface area contributed by atoms with E-state index in [1.165, 1.54) is 38.6 Å². The molecular weight excluding hydrogens is 277 g/mol. The number of nitrogens with two attached hydrogens (primary N) is 1. The number of halogens is 1. The third kappa shape index (κ3) is 3.02. The maximum absolute atomic E-state index is 13.5. The minimum atomic E-state index is -0.714. The molecule has 1 amide bonds. The van der Waals surface area contributed by atoms with Gasteiger partial charge in [0.2, 0.25) is 0 Å². The molecule has 0 saturated heterocycles. The zero-order valence-electron chi connectivity index (χ0n) is 11.5. The van der Waals surface area contributed by atoms with Crippen LogP contribution in [-0.2, 0) is 0 Å². The monoisotopic (exact) mass is 291 g/mol. The van der Waals surface area contributed by atoms with Gasteiger partial charge in [-0.3, -0.25) is 9.78 Å². The van der Waals surface area contributed by atoms with Gasteiger partial charge in [0, 0.05) is 18.3 Å². The summed E-state index contributed by atoms with van der Waals surface area (Å²) < 4.78 is 23.7. The van der Waals surface area contributed by atoms with E-state index in [0.29, 0.717) is 17.2 Å². The maximum Gasteiger partial charge on any atom is 0.258 e. The minimum absolute atomic E-state index is 0.126. The van der Waals surface area contributed by atoms with Crippen LogP contribution in [0.15, 0.2) is 30.6 Å². The summed E-state index contributed by atoms with van der Waals surface area (Å²) in [6, 6.07) is 4.30. The van der Waals surface area contributed by atoms with Crippen LogP contribution in [0.2, 0.25) is 0 Å². The van der Waals surface area contributed by atoms with Gasteiger partial charge in [0.25, 0.3) is 5.91 Å². The topological polar surface area (TPSA) is 86.5 Å². The Morgan fingerprint density at radius 1 is 1.29 bits per heavy atom. The standard InChI is InChI=1S/C14H14FN3O3/c1-20-12-5-10(16)11(6-13(12)21-2)18-14(19)8-3-4-17-7-9(8)15/h3-7H,16H2,1-2H3,(H,18,19). The highest BCUT2D eigenvalue weighted by Gasteiger charge is 2.15. The lowest BCUT2D eigenvalue weighted by Gasteiger charge is -2.13. The molecule has 1 aromatic carbocycles. The molecule has 0 aliphatic heterocycles. The fourth-order valence-electron chi connectivity index (χ4n) is 1.75. The van der Waals surface area contributed by atoms with Crippen LogP contribution in [0.1, 0.15) is 10.4 Å². The molecule has 7 heteroatoms. The van der Waals surface area contributed by atoms with Crippen molar-refractivity contribution in [1.29, 1.82) is 0 Å². The van der Waals surface area contributed by atoms with Gasteiger partial charge >= 0.3 is 0 Å². The largest absolute Gasteiger partial charge is 0.493 e. The molecule has 0 aliphatic carbocycles. The molecule has 0 aliphatic rings. The van der Waals surface area contributed by atoms with Crippen LogP contribution < -0.4 is 20.5 Å². The van der Waals surface area contributed by atoms with E-state index in [9.17, 15) is 9.18 Å². The zero-order chi connectivity index (χ0) is 15.4. The zero-order valence-corrected chi connectivity index (χ0v) is 11.5. The van der Waals surface area contributed by atoms with Crippen molar-refractivity contribution in [2.75, 3.05) is 25.3 Å². The Morgan fingerprint density at radius 2 is 1.95 bits per heavy atom. The average Bonchev–Trinajstić information content (AvgIpc) is 2.49. The number of carbonyl (C=O) groups is 1. The molecule has 2 aromatic rings. The number of amides is 1. The van der Waals surface area contributed by atoms with Crippen molar-refractivity contribution in [3.8, 4) is 11.5 Å². The third-order valence-electron chi connectivity index (χ3n) is 2.82. The summed E-state index contributed by atoms with van der Waals surface area (Å²) in [6.45, 7) is 0. The Labute approximate surface area is 120 Å². The first-order valence-corrected chi connectivity index (χ1v) is 5.99. The highest BCUT2D eigenvalue weighted by Crippen LogP contribution is 2.35. The first-order valence-electron chi connectivity index (χ1n) is 5.99. The van der Waals surface area contributed by atoms with E-state index < -0.39 is 11.7 Å². The molecule has 0 saturated carbocycles. The van der Waals surface area contributed by atoms with Gasteiger partial charge in [-0.2, -0.15) is 0 Å². The lowest BCUT2D eigenvalue weighted by atomic mass is 10.2. The first kappa shape index (κ1) is 14.6. The molecule has 1 heterocycles. The summed E-state index contributed by atoms with van der Waals surface area (Å²) in [5, 5.41) is 2.53. The smallest absolute Gasteiger partial charge is 0.258 e. The van der Waals surface area contributed by atoms with Crippen LogP contribution in [0, 0.1) is 5.82 Å². The molecule has 3 N–H and O–H groups in total. The summed E-state index contributed by atoms with van der Waals surface area (Å²) >= 11 is 0. The van der Waals surface area contributed by atoms with Gasteiger partial charge in [-0.05, 0) is 6.07 Å². The molecule has 0 fully saturated rings. The van der Waals surface area contributed by atoms with Crippen LogP contribution in [-0.4, -0.2) is 25.1 Å². The van der Waals surface area contributed by atoms with Crippen molar-refractivity contribution >= 4 is 17.3 Å². The van der Waals surface area contributed by atoms with Crippen LogP contribution in [0.5, 0.6) is 11.5 Å². The second kappa shape index (κ2) is 6.08. The highest BCUT2D eigenvalue weighted by atomic mass is 19.1. The van der Waals surface area contributed by atoms with Gasteiger partial charge in [-0.25, -0.2) is 4.39 Å². The van der Waals surface area contributed by atoms with Gasteiger partial charge < -0.3 is 20.5 Å². The fraction of sp³-hybridized carbons (Fsp3) is 0.143. The number of carbonyl (C=O) groups excluding carboxylic acids is 1. The SMILES string of the molecule is COc1cc(N)c(NC(=O)c2ccncc2F)cc1OC. The number of nitrogens with zero attached hydrogens (tertiary/aromatic N) is 1. The average molecular weight is 291 g/mol. The van der Waals surface area contributed by atoms with Gasteiger partial charge in [0.1, 0.15) is 0 Å². The highest BCUT2D eigenvalue weighted by molar-refractivity contribution is 6.06. The van der Waals surface area contributed by atoms with Crippen molar-refractivity contribution in [1.82, 2.24) is 4.98 Å². The first-order chi connectivity index (χ1) is 10.1. The summed E-state index contributed by atoms with van der Waals surface area (Å²) in [5.41, 5.74) is 6.28. The molecule has 21 heavy (non-hydrogen) atoms. The number of rotatable bonds is 4. The van der Waals surface area contributed by atoms with Crippen molar-refractivity contribution in [3.63, 3.8) is 0 Å². The van der Waals surface area contributed by atoms with Crippen LogP contribution in [0.25, 0.3) is 0 Å². The molecular formula is C14H14FN3O3. The van der Waals surface area contributed by atoms with E-state index in [4.69, 9.17) is 15.2 Å². The normalized spacial score (nSPS) is 10.0. The molecule has 2 rings (SSSR count). The molecule has 1 aromatic heterocycles. The van der Waals surface area contributed by atoms with E-state index in [0.717, 1.165) is 6.20 Å². The third-order valence-corrected chi connectivity index (χ3v) is 2.82. The number of ether oxygens (including phenoxy) is 2. The lowest BCUT2D eigenvalue weighted by molar-refractivity contribution is 0.102. The predicted molar refractivity (Wildman–Crippen MR) is 76.1 cm³/mol. The number of nitrogens with one attached hydrogen (secondary N) is 1. The Bertz CT molecular complexity index is 677. The van der Waals surface area contributed by atoms with E-state index in [1.54, 1.807) is 0 Å². The number of methoxy groups -OCH3 is 2. The van der Waals surface area contributed by atoms with Crippen LogP contribution in [0.4, 0.5) is 15.8 Å². The number of hydrogen-bond donors (Lipinski definition) is 2. The molecule has 0 radical (unpaired) electrons. The van der Waals surface area contributed by atoms with E-state index in [1.807, 2.05) is 0 Å². The molecule has 0 atom stereocenters. The number of benzene rings is 1. The lowest BCUT2D eigenvalue weighted by Crippen LogP contribution is -2.15. The Hall–Kier alpha value is -2.83.